The first kappa shape index (κ1) is 20.3. The number of carbonyl (C=O) groups is 1. The fourth-order valence-electron chi connectivity index (χ4n) is 2.91. The van der Waals surface area contributed by atoms with Gasteiger partial charge >= 0.3 is 0 Å². The molecular formula is C18H23N3O6S. The normalized spacial score (nSPS) is 14.9. The molecule has 3 heterocycles. The lowest BCUT2D eigenvalue weighted by Gasteiger charge is -2.14. The van der Waals surface area contributed by atoms with Crippen molar-refractivity contribution in [3.63, 3.8) is 0 Å². The van der Waals surface area contributed by atoms with Crippen molar-refractivity contribution in [2.75, 3.05) is 38.7 Å². The number of amides is 1. The summed E-state index contributed by atoms with van der Waals surface area (Å²) >= 11 is 0. The minimum Gasteiger partial charge on any atom is -0.474 e. The summed E-state index contributed by atoms with van der Waals surface area (Å²) in [5, 5.41) is 2.65. The van der Waals surface area contributed by atoms with Gasteiger partial charge in [-0.25, -0.2) is 13.4 Å². The summed E-state index contributed by atoms with van der Waals surface area (Å²) in [6, 6.07) is 4.54. The highest BCUT2D eigenvalue weighted by Gasteiger charge is 2.31. The third-order valence-corrected chi connectivity index (χ3v) is 6.33. The van der Waals surface area contributed by atoms with Crippen LogP contribution >= 0.6 is 0 Å². The average molecular weight is 409 g/mol. The number of sulfonamides is 1. The average Bonchev–Trinajstić information content (AvgIpc) is 3.34. The van der Waals surface area contributed by atoms with Gasteiger partial charge < -0.3 is 19.2 Å². The molecule has 0 saturated carbocycles. The van der Waals surface area contributed by atoms with Gasteiger partial charge in [-0.3, -0.25) is 4.79 Å². The molecule has 1 aliphatic heterocycles. The summed E-state index contributed by atoms with van der Waals surface area (Å²) in [5.41, 5.74) is 0.349. The number of pyridine rings is 1. The second-order valence-electron chi connectivity index (χ2n) is 6.29. The first-order valence-corrected chi connectivity index (χ1v) is 10.4. The molecule has 0 radical (unpaired) electrons. The molecule has 28 heavy (non-hydrogen) atoms. The number of nitrogens with one attached hydrogen (secondary N) is 1. The monoisotopic (exact) mass is 409 g/mol. The number of hydrogen-bond acceptors (Lipinski definition) is 7. The summed E-state index contributed by atoms with van der Waals surface area (Å²) < 4.78 is 42.7. The molecule has 1 saturated heterocycles. The van der Waals surface area contributed by atoms with E-state index in [4.69, 9.17) is 13.9 Å². The maximum Gasteiger partial charge on any atom is 0.291 e. The second-order valence-corrected chi connectivity index (χ2v) is 8.20. The van der Waals surface area contributed by atoms with E-state index in [-0.39, 0.29) is 28.9 Å². The number of hydrogen-bond donors (Lipinski definition) is 1. The van der Waals surface area contributed by atoms with E-state index in [1.165, 1.54) is 23.5 Å². The number of furan rings is 1. The van der Waals surface area contributed by atoms with Crippen LogP contribution in [-0.2, 0) is 14.8 Å². The van der Waals surface area contributed by atoms with E-state index in [1.54, 1.807) is 19.2 Å². The molecule has 1 N–H and O–H groups in total. The Hall–Kier alpha value is -2.43. The minimum absolute atomic E-state index is 0.0160. The predicted molar refractivity (Wildman–Crippen MR) is 101 cm³/mol. The summed E-state index contributed by atoms with van der Waals surface area (Å²) in [5.74, 6) is -0.265. The Labute approximate surface area is 163 Å². The standard InChI is InChI=1S/C18H23N3O6S/c1-13-16(28(23,24)21-8-3-4-9-21)12-15(27-13)17(22)20-14-6-5-7-19-18(14)26-11-10-25-2/h5-7,12H,3-4,8-11H2,1-2H3,(H,20,22). The van der Waals surface area contributed by atoms with Crippen molar-refractivity contribution in [3.8, 4) is 5.88 Å². The van der Waals surface area contributed by atoms with Gasteiger partial charge in [0.25, 0.3) is 5.91 Å². The Morgan fingerprint density at radius 3 is 2.79 bits per heavy atom. The Morgan fingerprint density at radius 1 is 1.32 bits per heavy atom. The van der Waals surface area contributed by atoms with E-state index in [0.29, 0.717) is 25.4 Å². The zero-order valence-corrected chi connectivity index (χ0v) is 16.6. The smallest absolute Gasteiger partial charge is 0.291 e. The largest absolute Gasteiger partial charge is 0.474 e. The Balaban J connectivity index is 1.78. The Morgan fingerprint density at radius 2 is 2.07 bits per heavy atom. The fourth-order valence-corrected chi connectivity index (χ4v) is 4.59. The lowest BCUT2D eigenvalue weighted by molar-refractivity contribution is 0.0994. The van der Waals surface area contributed by atoms with E-state index in [2.05, 4.69) is 10.3 Å². The van der Waals surface area contributed by atoms with E-state index in [1.807, 2.05) is 0 Å². The number of ether oxygens (including phenoxy) is 2. The van der Waals surface area contributed by atoms with E-state index < -0.39 is 15.9 Å². The molecule has 0 atom stereocenters. The lowest BCUT2D eigenvalue weighted by Crippen LogP contribution is -2.28. The molecule has 10 heteroatoms. The van der Waals surface area contributed by atoms with Gasteiger partial charge in [-0.1, -0.05) is 0 Å². The summed E-state index contributed by atoms with van der Waals surface area (Å²) in [4.78, 5) is 16.7. The SMILES string of the molecule is COCCOc1ncccc1NC(=O)c1cc(S(=O)(=O)N2CCCC2)c(C)o1. The number of aryl methyl sites for hydroxylation is 1. The van der Waals surface area contributed by atoms with Gasteiger partial charge in [0.2, 0.25) is 15.9 Å². The van der Waals surface area contributed by atoms with E-state index >= 15 is 0 Å². The van der Waals surface area contributed by atoms with Crippen molar-refractivity contribution in [2.24, 2.45) is 0 Å². The van der Waals surface area contributed by atoms with Crippen molar-refractivity contribution in [1.82, 2.24) is 9.29 Å². The molecule has 0 bridgehead atoms. The summed E-state index contributed by atoms with van der Waals surface area (Å²) in [7, 11) is -2.12. The molecule has 2 aromatic heterocycles. The number of aromatic nitrogens is 1. The van der Waals surface area contributed by atoms with Gasteiger partial charge in [0, 0.05) is 32.5 Å². The molecule has 0 unspecified atom stereocenters. The number of nitrogens with zero attached hydrogens (tertiary/aromatic N) is 2. The van der Waals surface area contributed by atoms with Crippen molar-refractivity contribution >= 4 is 21.6 Å². The highest BCUT2D eigenvalue weighted by Crippen LogP contribution is 2.27. The van der Waals surface area contributed by atoms with Gasteiger partial charge in [0.1, 0.15) is 22.9 Å². The number of anilines is 1. The Kier molecular flexibility index (Phi) is 6.32. The van der Waals surface area contributed by atoms with Crippen molar-refractivity contribution < 1.29 is 27.1 Å². The number of carbonyl (C=O) groups excluding carboxylic acids is 1. The van der Waals surface area contributed by atoms with Crippen LogP contribution in [0, 0.1) is 6.92 Å². The predicted octanol–water partition coefficient (Wildman–Crippen LogP) is 2.05. The van der Waals surface area contributed by atoms with E-state index in [0.717, 1.165) is 12.8 Å². The molecular weight excluding hydrogens is 386 g/mol. The maximum atomic E-state index is 12.7. The van der Waals surface area contributed by atoms with Crippen LogP contribution in [0.25, 0.3) is 0 Å². The zero-order chi connectivity index (χ0) is 20.1. The van der Waals surface area contributed by atoms with Crippen LogP contribution in [0.5, 0.6) is 5.88 Å². The summed E-state index contributed by atoms with van der Waals surface area (Å²) in [6.45, 7) is 3.13. The van der Waals surface area contributed by atoms with Gasteiger partial charge in [-0.2, -0.15) is 4.31 Å². The Bertz CT molecular complexity index is 935. The van der Waals surface area contributed by atoms with Gasteiger partial charge in [0.05, 0.1) is 6.61 Å². The van der Waals surface area contributed by atoms with Crippen LogP contribution in [0.3, 0.4) is 0 Å². The van der Waals surface area contributed by atoms with Gasteiger partial charge in [0.15, 0.2) is 5.76 Å². The topological polar surface area (TPSA) is 111 Å². The van der Waals surface area contributed by atoms with Crippen molar-refractivity contribution in [1.29, 1.82) is 0 Å². The summed E-state index contributed by atoms with van der Waals surface area (Å²) in [6.07, 6.45) is 3.20. The van der Waals surface area contributed by atoms with Gasteiger partial charge in [-0.15, -0.1) is 0 Å². The highest BCUT2D eigenvalue weighted by atomic mass is 32.2. The molecule has 1 amide bonds. The first-order chi connectivity index (χ1) is 13.4. The van der Waals surface area contributed by atoms with Crippen LogP contribution in [0.15, 0.2) is 33.7 Å². The molecule has 0 aromatic carbocycles. The molecule has 9 nitrogen and oxygen atoms in total. The molecule has 1 fully saturated rings. The van der Waals surface area contributed by atoms with Crippen LogP contribution in [0.4, 0.5) is 5.69 Å². The third kappa shape index (κ3) is 4.34. The third-order valence-electron chi connectivity index (χ3n) is 4.32. The molecule has 3 rings (SSSR count). The first-order valence-electron chi connectivity index (χ1n) is 8.92. The van der Waals surface area contributed by atoms with Crippen LogP contribution in [0.1, 0.15) is 29.2 Å². The fraction of sp³-hybridized carbons (Fsp3) is 0.444. The molecule has 0 spiro atoms. The number of rotatable bonds is 8. The lowest BCUT2D eigenvalue weighted by atomic mass is 10.3. The van der Waals surface area contributed by atoms with Gasteiger partial charge in [-0.05, 0) is 31.9 Å². The molecule has 0 aliphatic carbocycles. The molecule has 152 valence electrons. The van der Waals surface area contributed by atoms with Crippen LogP contribution < -0.4 is 10.1 Å². The van der Waals surface area contributed by atoms with Crippen LogP contribution in [0.2, 0.25) is 0 Å². The maximum absolute atomic E-state index is 12.7. The number of methoxy groups -OCH3 is 1. The van der Waals surface area contributed by atoms with Crippen molar-refractivity contribution in [3.05, 3.63) is 35.9 Å². The van der Waals surface area contributed by atoms with E-state index in [9.17, 15) is 13.2 Å². The highest BCUT2D eigenvalue weighted by molar-refractivity contribution is 7.89. The quantitative estimate of drug-likeness (QED) is 0.664. The minimum atomic E-state index is -3.67. The van der Waals surface area contributed by atoms with Crippen LogP contribution in [-0.4, -0.2) is 57.0 Å². The molecule has 1 aliphatic rings. The zero-order valence-electron chi connectivity index (χ0n) is 15.8. The second kappa shape index (κ2) is 8.72. The van der Waals surface area contributed by atoms with Crippen molar-refractivity contribution in [2.45, 2.75) is 24.7 Å². The molecule has 2 aromatic rings.